The highest BCUT2D eigenvalue weighted by Gasteiger charge is 2.39. The van der Waals surface area contributed by atoms with E-state index in [-0.39, 0.29) is 23.5 Å². The van der Waals surface area contributed by atoms with Gasteiger partial charge in [0, 0.05) is 30.4 Å². The van der Waals surface area contributed by atoms with Gasteiger partial charge in [0.2, 0.25) is 5.91 Å². The fraction of sp³-hybridized carbons (Fsp3) is 0.630. The fourth-order valence-corrected chi connectivity index (χ4v) is 4.47. The molecule has 1 aliphatic rings. The summed E-state index contributed by atoms with van der Waals surface area (Å²) in [5.41, 5.74) is 0.838. The molecule has 172 valence electrons. The summed E-state index contributed by atoms with van der Waals surface area (Å²) in [6.45, 7) is 4.43. The molecule has 1 aromatic carbocycles. The smallest absolute Gasteiger partial charge is 0.224 e. The van der Waals surface area contributed by atoms with Crippen LogP contribution in [0.15, 0.2) is 42.5 Å². The molecule has 4 heteroatoms. The average Bonchev–Trinajstić information content (AvgIpc) is 3.02. The number of anilines is 1. The van der Waals surface area contributed by atoms with Gasteiger partial charge < -0.3 is 10.4 Å². The summed E-state index contributed by atoms with van der Waals surface area (Å²) < 4.78 is 0. The Morgan fingerprint density at radius 2 is 1.87 bits per heavy atom. The standard InChI is InChI=1S/C27H41NO3/c1-3-4-8-13-21(2)18-19-24-23(25(29)20-26(24)30)16-11-5-6-12-17-27(31)28-22-14-9-7-10-15-22/h7,9-10,14-15,18-19,21,23-24,26,30H,3-6,8,11-13,16-17,20H2,1-2H3,(H,28,31)/b19-18+/t21-,23+,24+,26+/m0/s1. The molecule has 0 unspecified atom stereocenters. The number of para-hydroxylation sites is 1. The van der Waals surface area contributed by atoms with Crippen molar-refractivity contribution in [3.8, 4) is 0 Å². The van der Waals surface area contributed by atoms with Crippen LogP contribution in [0, 0.1) is 17.8 Å². The summed E-state index contributed by atoms with van der Waals surface area (Å²) >= 11 is 0. The summed E-state index contributed by atoms with van der Waals surface area (Å²) in [4.78, 5) is 24.4. The minimum absolute atomic E-state index is 0.0298. The second-order valence-electron chi connectivity index (χ2n) is 9.15. The number of benzene rings is 1. The van der Waals surface area contributed by atoms with Crippen LogP contribution < -0.4 is 5.32 Å². The first-order chi connectivity index (χ1) is 15.0. The molecular formula is C27H41NO3. The van der Waals surface area contributed by atoms with Crippen molar-refractivity contribution in [3.63, 3.8) is 0 Å². The molecule has 0 saturated heterocycles. The molecule has 0 bridgehead atoms. The number of hydrogen-bond acceptors (Lipinski definition) is 3. The second kappa shape index (κ2) is 14.2. The lowest BCUT2D eigenvalue weighted by molar-refractivity contribution is -0.121. The van der Waals surface area contributed by atoms with E-state index in [9.17, 15) is 14.7 Å². The van der Waals surface area contributed by atoms with Gasteiger partial charge in [0.1, 0.15) is 5.78 Å². The van der Waals surface area contributed by atoms with Gasteiger partial charge in [-0.1, -0.05) is 82.7 Å². The van der Waals surface area contributed by atoms with Crippen molar-refractivity contribution in [1.82, 2.24) is 0 Å². The molecule has 0 radical (unpaired) electrons. The number of carbonyl (C=O) groups excluding carboxylic acids is 2. The maximum absolute atomic E-state index is 12.4. The van der Waals surface area contributed by atoms with Crippen molar-refractivity contribution in [3.05, 3.63) is 42.5 Å². The van der Waals surface area contributed by atoms with Crippen LogP contribution in [0.4, 0.5) is 5.69 Å². The SMILES string of the molecule is CCCCC[C@H](C)/C=C/[C@H]1[C@H](O)CC(=O)[C@@H]1CCCCCCC(=O)Nc1ccccc1. The van der Waals surface area contributed by atoms with Crippen molar-refractivity contribution in [1.29, 1.82) is 0 Å². The van der Waals surface area contributed by atoms with Gasteiger partial charge >= 0.3 is 0 Å². The lowest BCUT2D eigenvalue weighted by Crippen LogP contribution is -2.18. The quantitative estimate of drug-likeness (QED) is 0.270. The zero-order valence-corrected chi connectivity index (χ0v) is 19.4. The number of carbonyl (C=O) groups is 2. The topological polar surface area (TPSA) is 66.4 Å². The molecule has 1 fully saturated rings. The zero-order valence-electron chi connectivity index (χ0n) is 19.4. The molecule has 0 spiro atoms. The maximum atomic E-state index is 12.4. The third-order valence-electron chi connectivity index (χ3n) is 6.38. The fourth-order valence-electron chi connectivity index (χ4n) is 4.47. The normalized spacial score (nSPS) is 22.2. The summed E-state index contributed by atoms with van der Waals surface area (Å²) in [6.07, 6.45) is 14.2. The predicted molar refractivity (Wildman–Crippen MR) is 128 cm³/mol. The van der Waals surface area contributed by atoms with Gasteiger partial charge in [-0.2, -0.15) is 0 Å². The van der Waals surface area contributed by atoms with Gasteiger partial charge in [-0.25, -0.2) is 0 Å². The van der Waals surface area contributed by atoms with Gasteiger partial charge in [-0.15, -0.1) is 0 Å². The number of ketones is 1. The number of unbranched alkanes of at least 4 members (excludes halogenated alkanes) is 5. The van der Waals surface area contributed by atoms with Crippen LogP contribution in [0.2, 0.25) is 0 Å². The lowest BCUT2D eigenvalue weighted by Gasteiger charge is -2.18. The van der Waals surface area contributed by atoms with E-state index in [4.69, 9.17) is 0 Å². The Kier molecular flexibility index (Phi) is 11.6. The Labute approximate surface area is 188 Å². The van der Waals surface area contributed by atoms with Crippen LogP contribution >= 0.6 is 0 Å². The van der Waals surface area contributed by atoms with Crippen molar-refractivity contribution in [2.75, 3.05) is 5.32 Å². The molecule has 0 aliphatic heterocycles. The van der Waals surface area contributed by atoms with Gasteiger partial charge in [0.25, 0.3) is 0 Å². The zero-order chi connectivity index (χ0) is 22.5. The summed E-state index contributed by atoms with van der Waals surface area (Å²) in [5, 5.41) is 13.3. The monoisotopic (exact) mass is 427 g/mol. The molecule has 1 saturated carbocycles. The van der Waals surface area contributed by atoms with Crippen LogP contribution in [-0.2, 0) is 9.59 Å². The molecule has 31 heavy (non-hydrogen) atoms. The van der Waals surface area contributed by atoms with Crippen LogP contribution in [0.5, 0.6) is 0 Å². The number of hydrogen-bond donors (Lipinski definition) is 2. The third-order valence-corrected chi connectivity index (χ3v) is 6.38. The molecule has 1 amide bonds. The van der Waals surface area contributed by atoms with E-state index >= 15 is 0 Å². The highest BCUT2D eigenvalue weighted by molar-refractivity contribution is 5.90. The molecular weight excluding hydrogens is 386 g/mol. The van der Waals surface area contributed by atoms with E-state index in [0.29, 0.717) is 18.8 Å². The predicted octanol–water partition coefficient (Wildman–Crippen LogP) is 6.30. The first-order valence-electron chi connectivity index (χ1n) is 12.2. The first-order valence-corrected chi connectivity index (χ1v) is 12.2. The van der Waals surface area contributed by atoms with E-state index in [2.05, 4.69) is 31.3 Å². The molecule has 4 atom stereocenters. The Bertz CT molecular complexity index is 685. The number of Topliss-reactive ketones (excluding diaryl/α,β-unsaturated/α-hetero) is 1. The van der Waals surface area contributed by atoms with E-state index < -0.39 is 6.10 Å². The number of rotatable bonds is 14. The summed E-state index contributed by atoms with van der Waals surface area (Å²) in [5.74, 6) is 0.687. The van der Waals surface area contributed by atoms with Gasteiger partial charge in [0.05, 0.1) is 6.10 Å². The molecule has 4 nitrogen and oxygen atoms in total. The van der Waals surface area contributed by atoms with Gasteiger partial charge in [-0.3, -0.25) is 9.59 Å². The minimum atomic E-state index is -0.529. The highest BCUT2D eigenvalue weighted by Crippen LogP contribution is 2.34. The third kappa shape index (κ3) is 9.39. The maximum Gasteiger partial charge on any atom is 0.224 e. The van der Waals surface area contributed by atoms with Crippen LogP contribution in [0.1, 0.15) is 84.5 Å². The number of allylic oxidation sites excluding steroid dienone is 1. The van der Waals surface area contributed by atoms with Crippen molar-refractivity contribution >= 4 is 17.4 Å². The molecule has 2 rings (SSSR count). The lowest BCUT2D eigenvalue weighted by atomic mass is 9.87. The summed E-state index contributed by atoms with van der Waals surface area (Å²) in [7, 11) is 0. The Morgan fingerprint density at radius 1 is 1.13 bits per heavy atom. The van der Waals surface area contributed by atoms with E-state index in [1.165, 1.54) is 25.7 Å². The second-order valence-corrected chi connectivity index (χ2v) is 9.15. The van der Waals surface area contributed by atoms with Crippen molar-refractivity contribution < 1.29 is 14.7 Å². The Hall–Kier alpha value is -1.94. The van der Waals surface area contributed by atoms with Gasteiger partial charge in [-0.05, 0) is 37.3 Å². The van der Waals surface area contributed by atoms with Crippen LogP contribution in [0.3, 0.4) is 0 Å². The first kappa shape index (κ1) is 25.3. The number of nitrogens with one attached hydrogen (secondary N) is 1. The number of amides is 1. The van der Waals surface area contributed by atoms with Crippen LogP contribution in [0.25, 0.3) is 0 Å². The molecule has 0 aromatic heterocycles. The van der Waals surface area contributed by atoms with E-state index in [1.54, 1.807) is 0 Å². The molecule has 1 aromatic rings. The number of aliphatic hydroxyl groups is 1. The number of aliphatic hydroxyl groups excluding tert-OH is 1. The van der Waals surface area contributed by atoms with E-state index in [1.807, 2.05) is 30.3 Å². The average molecular weight is 428 g/mol. The van der Waals surface area contributed by atoms with Gasteiger partial charge in [0.15, 0.2) is 0 Å². The molecule has 1 aliphatic carbocycles. The minimum Gasteiger partial charge on any atom is -0.392 e. The Morgan fingerprint density at radius 3 is 2.61 bits per heavy atom. The van der Waals surface area contributed by atoms with Crippen LogP contribution in [-0.4, -0.2) is 22.9 Å². The Balaban J connectivity index is 1.66. The molecule has 2 N–H and O–H groups in total. The largest absolute Gasteiger partial charge is 0.392 e. The van der Waals surface area contributed by atoms with Crippen molar-refractivity contribution in [2.24, 2.45) is 17.8 Å². The van der Waals surface area contributed by atoms with E-state index in [0.717, 1.165) is 37.8 Å². The molecule has 0 heterocycles. The summed E-state index contributed by atoms with van der Waals surface area (Å²) in [6, 6.07) is 9.53. The van der Waals surface area contributed by atoms with Crippen molar-refractivity contribution in [2.45, 2.75) is 90.6 Å². The highest BCUT2D eigenvalue weighted by atomic mass is 16.3.